The van der Waals surface area contributed by atoms with Crippen LogP contribution < -0.4 is 15.7 Å². The standard InChI is InChI=1S/C25H30NOP/c1-2-3-7-16-23(21-22-14-8-4-9-15-22)26-28(27,24-17-10-5-11-18-24)25-19-12-6-13-20-25/h4-6,8-15,17-20,23H,2-3,7,16,21H2,1H3,(H,26,27)/t23-/m1/s1. The number of benzene rings is 3. The molecular weight excluding hydrogens is 361 g/mol. The zero-order valence-electron chi connectivity index (χ0n) is 16.6. The summed E-state index contributed by atoms with van der Waals surface area (Å²) in [5.74, 6) is 0. The minimum atomic E-state index is -2.92. The van der Waals surface area contributed by atoms with Crippen LogP contribution in [0.3, 0.4) is 0 Å². The lowest BCUT2D eigenvalue weighted by atomic mass is 10.0. The zero-order chi connectivity index (χ0) is 19.7. The Kier molecular flexibility index (Phi) is 7.65. The van der Waals surface area contributed by atoms with Gasteiger partial charge in [-0.2, -0.15) is 0 Å². The molecule has 3 aromatic rings. The van der Waals surface area contributed by atoms with E-state index in [1.54, 1.807) is 0 Å². The van der Waals surface area contributed by atoms with Crippen LogP contribution in [0.2, 0.25) is 0 Å². The maximum atomic E-state index is 14.3. The molecule has 3 rings (SSSR count). The van der Waals surface area contributed by atoms with Crippen LogP contribution in [-0.4, -0.2) is 6.04 Å². The van der Waals surface area contributed by atoms with E-state index in [9.17, 15) is 4.57 Å². The van der Waals surface area contributed by atoms with Crippen LogP contribution in [-0.2, 0) is 11.0 Å². The third-order valence-electron chi connectivity index (χ3n) is 5.09. The first-order chi connectivity index (χ1) is 13.7. The Morgan fingerprint density at radius 3 is 1.75 bits per heavy atom. The molecule has 0 saturated carbocycles. The summed E-state index contributed by atoms with van der Waals surface area (Å²) in [5.41, 5.74) is 1.28. The topological polar surface area (TPSA) is 29.1 Å². The first-order valence-corrected chi connectivity index (χ1v) is 12.0. The van der Waals surface area contributed by atoms with Crippen molar-refractivity contribution in [2.45, 2.75) is 45.1 Å². The van der Waals surface area contributed by atoms with Gasteiger partial charge in [-0.25, -0.2) is 0 Å². The molecule has 0 aliphatic carbocycles. The average Bonchev–Trinajstić information content (AvgIpc) is 2.76. The van der Waals surface area contributed by atoms with E-state index in [1.807, 2.05) is 66.7 Å². The highest BCUT2D eigenvalue weighted by molar-refractivity contribution is 7.76. The first-order valence-electron chi connectivity index (χ1n) is 10.3. The van der Waals surface area contributed by atoms with Crippen molar-refractivity contribution in [1.82, 2.24) is 5.09 Å². The Bertz CT molecular complexity index is 821. The lowest BCUT2D eigenvalue weighted by Crippen LogP contribution is -2.36. The SMILES string of the molecule is CCCCC[C@H](Cc1ccccc1)NP(=O)(c1ccccc1)c1ccccc1. The second-order valence-electron chi connectivity index (χ2n) is 7.29. The van der Waals surface area contributed by atoms with Crippen molar-refractivity contribution in [1.29, 1.82) is 0 Å². The molecule has 2 nitrogen and oxygen atoms in total. The number of hydrogen-bond acceptors (Lipinski definition) is 1. The zero-order valence-corrected chi connectivity index (χ0v) is 17.5. The molecule has 0 aliphatic heterocycles. The predicted molar refractivity (Wildman–Crippen MR) is 121 cm³/mol. The summed E-state index contributed by atoms with van der Waals surface area (Å²) >= 11 is 0. The highest BCUT2D eigenvalue weighted by Crippen LogP contribution is 2.40. The molecule has 0 amide bonds. The predicted octanol–water partition coefficient (Wildman–Crippen LogP) is 5.70. The highest BCUT2D eigenvalue weighted by atomic mass is 31.2. The largest absolute Gasteiger partial charge is 0.297 e. The first kappa shape index (κ1) is 20.6. The van der Waals surface area contributed by atoms with Gasteiger partial charge in [-0.15, -0.1) is 0 Å². The van der Waals surface area contributed by atoms with Crippen LogP contribution in [0.15, 0.2) is 91.0 Å². The van der Waals surface area contributed by atoms with Crippen molar-refractivity contribution in [2.24, 2.45) is 0 Å². The van der Waals surface area contributed by atoms with Gasteiger partial charge in [0, 0.05) is 16.7 Å². The Morgan fingerprint density at radius 1 is 0.750 bits per heavy atom. The number of rotatable bonds is 10. The van der Waals surface area contributed by atoms with Crippen LogP contribution in [0.4, 0.5) is 0 Å². The monoisotopic (exact) mass is 391 g/mol. The average molecular weight is 391 g/mol. The maximum absolute atomic E-state index is 14.3. The van der Waals surface area contributed by atoms with Crippen molar-refractivity contribution >= 4 is 17.9 Å². The molecular formula is C25H30NOP. The van der Waals surface area contributed by atoms with Crippen LogP contribution >= 0.6 is 7.29 Å². The molecule has 146 valence electrons. The summed E-state index contributed by atoms with van der Waals surface area (Å²) in [6, 6.07) is 30.4. The molecule has 28 heavy (non-hydrogen) atoms. The van der Waals surface area contributed by atoms with E-state index in [-0.39, 0.29) is 6.04 Å². The molecule has 1 atom stereocenters. The Hall–Kier alpha value is -2.15. The number of unbranched alkanes of at least 4 members (excludes halogenated alkanes) is 2. The van der Waals surface area contributed by atoms with E-state index in [1.165, 1.54) is 18.4 Å². The Balaban J connectivity index is 1.91. The van der Waals surface area contributed by atoms with E-state index < -0.39 is 7.29 Å². The van der Waals surface area contributed by atoms with Crippen LogP contribution in [0, 0.1) is 0 Å². The molecule has 3 heteroatoms. The molecule has 0 aliphatic rings. The molecule has 0 fully saturated rings. The molecule has 0 unspecified atom stereocenters. The Labute approximate surface area is 169 Å². The van der Waals surface area contributed by atoms with E-state index in [2.05, 4.69) is 36.3 Å². The van der Waals surface area contributed by atoms with Crippen molar-refractivity contribution in [3.63, 3.8) is 0 Å². The summed E-state index contributed by atoms with van der Waals surface area (Å²) in [5, 5.41) is 5.37. The van der Waals surface area contributed by atoms with Crippen LogP contribution in [0.1, 0.15) is 38.2 Å². The van der Waals surface area contributed by atoms with Gasteiger partial charge >= 0.3 is 0 Å². The molecule has 0 spiro atoms. The molecule has 3 aromatic carbocycles. The maximum Gasteiger partial charge on any atom is 0.204 e. The van der Waals surface area contributed by atoms with Crippen molar-refractivity contribution in [3.8, 4) is 0 Å². The summed E-state index contributed by atoms with van der Waals surface area (Å²) in [4.78, 5) is 0. The molecule has 0 saturated heterocycles. The van der Waals surface area contributed by atoms with E-state index in [0.29, 0.717) is 0 Å². The second-order valence-corrected chi connectivity index (χ2v) is 9.80. The minimum absolute atomic E-state index is 0.167. The molecule has 0 heterocycles. The number of hydrogen-bond donors (Lipinski definition) is 1. The highest BCUT2D eigenvalue weighted by Gasteiger charge is 2.29. The third kappa shape index (κ3) is 5.44. The molecule has 1 N–H and O–H groups in total. The molecule has 0 radical (unpaired) electrons. The fourth-order valence-corrected chi connectivity index (χ4v) is 6.10. The molecule has 0 aromatic heterocycles. The van der Waals surface area contributed by atoms with E-state index in [4.69, 9.17) is 0 Å². The summed E-state index contributed by atoms with van der Waals surface area (Å²) in [6.45, 7) is 2.22. The lowest BCUT2D eigenvalue weighted by molar-refractivity contribution is 0.508. The molecule has 0 bridgehead atoms. The fraction of sp³-hybridized carbons (Fsp3) is 0.280. The van der Waals surface area contributed by atoms with Gasteiger partial charge in [0.25, 0.3) is 0 Å². The summed E-state index contributed by atoms with van der Waals surface area (Å²) in [6.07, 6.45) is 5.44. The normalized spacial score (nSPS) is 12.6. The quantitative estimate of drug-likeness (QED) is 0.355. The van der Waals surface area contributed by atoms with Gasteiger partial charge in [-0.1, -0.05) is 92.9 Å². The van der Waals surface area contributed by atoms with Crippen molar-refractivity contribution < 1.29 is 4.57 Å². The van der Waals surface area contributed by atoms with Gasteiger partial charge in [-0.3, -0.25) is 9.65 Å². The Morgan fingerprint density at radius 2 is 1.25 bits per heavy atom. The van der Waals surface area contributed by atoms with Gasteiger partial charge in [0.05, 0.1) is 0 Å². The van der Waals surface area contributed by atoms with Crippen LogP contribution in [0.5, 0.6) is 0 Å². The summed E-state index contributed by atoms with van der Waals surface area (Å²) < 4.78 is 14.3. The van der Waals surface area contributed by atoms with Gasteiger partial charge in [0.1, 0.15) is 0 Å². The third-order valence-corrected chi connectivity index (χ3v) is 7.86. The fourth-order valence-electron chi connectivity index (χ4n) is 3.58. The smallest absolute Gasteiger partial charge is 0.204 e. The lowest BCUT2D eigenvalue weighted by Gasteiger charge is -2.27. The van der Waals surface area contributed by atoms with Gasteiger partial charge in [-0.05, 0) is 42.7 Å². The second kappa shape index (κ2) is 10.4. The summed E-state index contributed by atoms with van der Waals surface area (Å²) in [7, 11) is -2.92. The number of nitrogens with one attached hydrogen (secondary N) is 1. The minimum Gasteiger partial charge on any atom is -0.297 e. The van der Waals surface area contributed by atoms with Crippen molar-refractivity contribution in [2.75, 3.05) is 0 Å². The van der Waals surface area contributed by atoms with Crippen molar-refractivity contribution in [3.05, 3.63) is 96.6 Å². The van der Waals surface area contributed by atoms with E-state index in [0.717, 1.165) is 29.9 Å². The van der Waals surface area contributed by atoms with Gasteiger partial charge in [0.2, 0.25) is 7.29 Å². The van der Waals surface area contributed by atoms with Crippen LogP contribution in [0.25, 0.3) is 0 Å². The van der Waals surface area contributed by atoms with Gasteiger partial charge in [0.15, 0.2) is 0 Å². The van der Waals surface area contributed by atoms with E-state index >= 15 is 0 Å². The van der Waals surface area contributed by atoms with Gasteiger partial charge < -0.3 is 0 Å².